The average Bonchev–Trinajstić information content (AvgIpc) is 2.37. The van der Waals surface area contributed by atoms with E-state index in [2.05, 4.69) is 33.0 Å². The fourth-order valence-corrected chi connectivity index (χ4v) is 2.21. The molecule has 0 aliphatic heterocycles. The molecule has 1 aromatic carbocycles. The lowest BCUT2D eigenvalue weighted by Crippen LogP contribution is -2.93. The molecule has 0 spiro atoms. The van der Waals surface area contributed by atoms with Crippen molar-refractivity contribution in [2.24, 2.45) is 0 Å². The van der Waals surface area contributed by atoms with Crippen molar-refractivity contribution in [1.29, 1.82) is 0 Å². The molecule has 0 amide bonds. The first-order valence-electron chi connectivity index (χ1n) is 7.07. The summed E-state index contributed by atoms with van der Waals surface area (Å²) >= 11 is 0. The Morgan fingerprint density at radius 2 is 1.62 bits per heavy atom. The van der Waals surface area contributed by atoms with E-state index in [4.69, 9.17) is 11.5 Å². The summed E-state index contributed by atoms with van der Waals surface area (Å²) in [6.07, 6.45) is 2.56. The first-order valence-corrected chi connectivity index (χ1v) is 8.48. The number of nitrogens with two attached hydrogens (primary N) is 3. The highest BCUT2D eigenvalue weighted by Gasteiger charge is 2.06. The van der Waals surface area contributed by atoms with E-state index in [0.717, 1.165) is 18.2 Å². The predicted octanol–water partition coefficient (Wildman–Crippen LogP) is 0.902. The minimum Gasteiger partial charge on any atom is -0.744 e. The predicted molar refractivity (Wildman–Crippen MR) is 84.7 cm³/mol. The van der Waals surface area contributed by atoms with Crippen LogP contribution in [0.25, 0.3) is 0 Å². The molecule has 0 bridgehead atoms. The molecule has 122 valence electrons. The van der Waals surface area contributed by atoms with Crippen LogP contribution >= 0.6 is 0 Å². The van der Waals surface area contributed by atoms with Gasteiger partial charge in [-0.1, -0.05) is 13.8 Å². The smallest absolute Gasteiger partial charge is 0.126 e. The van der Waals surface area contributed by atoms with Crippen molar-refractivity contribution in [1.82, 2.24) is 0 Å². The van der Waals surface area contributed by atoms with Crippen molar-refractivity contribution in [3.63, 3.8) is 0 Å². The normalized spacial score (nSPS) is 14.0. The zero-order valence-electron chi connectivity index (χ0n) is 13.2. The highest BCUT2D eigenvalue weighted by molar-refractivity contribution is 7.86. The number of quaternary nitrogens is 1. The molecule has 0 saturated carbocycles. The van der Waals surface area contributed by atoms with E-state index in [1.165, 1.54) is 25.0 Å². The van der Waals surface area contributed by atoms with E-state index in [9.17, 15) is 13.0 Å². The Hall–Kier alpha value is -1.31. The van der Waals surface area contributed by atoms with Crippen molar-refractivity contribution >= 4 is 21.5 Å². The van der Waals surface area contributed by atoms with Gasteiger partial charge in [-0.05, 0) is 44.9 Å². The van der Waals surface area contributed by atoms with Gasteiger partial charge in [-0.25, -0.2) is 8.42 Å². The molecule has 7 heteroatoms. The summed E-state index contributed by atoms with van der Waals surface area (Å²) in [5.74, 6) is 0. The summed E-state index contributed by atoms with van der Waals surface area (Å²) in [6.45, 7) is 9.05. The van der Waals surface area contributed by atoms with Crippen LogP contribution in [0.2, 0.25) is 0 Å². The Morgan fingerprint density at radius 3 is 1.95 bits per heavy atom. The van der Waals surface area contributed by atoms with Crippen LogP contribution in [0.4, 0.5) is 11.4 Å². The summed E-state index contributed by atoms with van der Waals surface area (Å²) in [7, 11) is -4.48. The minimum absolute atomic E-state index is 0.120. The van der Waals surface area contributed by atoms with Crippen LogP contribution in [0.5, 0.6) is 0 Å². The first kappa shape index (κ1) is 19.7. The Bertz CT molecular complexity index is 524. The fraction of sp³-hybridized carbons (Fsp3) is 0.571. The van der Waals surface area contributed by atoms with Crippen LogP contribution < -0.4 is 16.8 Å². The van der Waals surface area contributed by atoms with E-state index in [1.807, 2.05) is 0 Å². The molecule has 6 nitrogen and oxygen atoms in total. The quantitative estimate of drug-likeness (QED) is 0.549. The molecule has 2 atom stereocenters. The van der Waals surface area contributed by atoms with Gasteiger partial charge in [-0.3, -0.25) is 0 Å². The van der Waals surface area contributed by atoms with E-state index in [0.29, 0.717) is 5.69 Å². The van der Waals surface area contributed by atoms with Gasteiger partial charge in [0.05, 0.1) is 22.7 Å². The first-order chi connectivity index (χ1) is 9.61. The Kier molecular flexibility index (Phi) is 8.31. The van der Waals surface area contributed by atoms with E-state index < -0.39 is 15.0 Å². The fourth-order valence-electron chi connectivity index (χ4n) is 1.63. The van der Waals surface area contributed by atoms with Crippen LogP contribution in [0.1, 0.15) is 40.5 Å². The Balaban J connectivity index is 0.000000400. The molecule has 0 radical (unpaired) electrons. The third-order valence-corrected chi connectivity index (χ3v) is 4.16. The summed E-state index contributed by atoms with van der Waals surface area (Å²) < 4.78 is 31.5. The molecule has 0 saturated heterocycles. The molecule has 0 heterocycles. The Morgan fingerprint density at radius 1 is 1.14 bits per heavy atom. The summed E-state index contributed by atoms with van der Waals surface area (Å²) in [6, 6.07) is 5.23. The zero-order chi connectivity index (χ0) is 16.6. The average molecular weight is 317 g/mol. The second kappa shape index (κ2) is 8.86. The third-order valence-electron chi connectivity index (χ3n) is 3.25. The van der Waals surface area contributed by atoms with Gasteiger partial charge < -0.3 is 21.3 Å². The van der Waals surface area contributed by atoms with Gasteiger partial charge in [0.2, 0.25) is 0 Å². The van der Waals surface area contributed by atoms with Crippen LogP contribution in [0.15, 0.2) is 23.1 Å². The molecule has 6 N–H and O–H groups in total. The van der Waals surface area contributed by atoms with E-state index in [1.54, 1.807) is 0 Å². The molecule has 0 aliphatic carbocycles. The number of rotatable bonds is 5. The number of hydrogen-bond donors (Lipinski definition) is 3. The molecular weight excluding hydrogens is 290 g/mol. The lowest BCUT2D eigenvalue weighted by Gasteiger charge is -2.12. The number of hydrogen-bond acceptors (Lipinski definition) is 5. The molecule has 2 unspecified atom stereocenters. The molecular formula is C14H27N3O3S. The lowest BCUT2D eigenvalue weighted by molar-refractivity contribution is -0.715. The Labute approximate surface area is 127 Å². The van der Waals surface area contributed by atoms with Crippen molar-refractivity contribution in [2.45, 2.75) is 57.5 Å². The van der Waals surface area contributed by atoms with Crippen molar-refractivity contribution in [3.8, 4) is 0 Å². The van der Waals surface area contributed by atoms with Gasteiger partial charge in [0, 0.05) is 5.69 Å². The highest BCUT2D eigenvalue weighted by Crippen LogP contribution is 2.19. The highest BCUT2D eigenvalue weighted by atomic mass is 32.2. The van der Waals surface area contributed by atoms with Crippen molar-refractivity contribution in [3.05, 3.63) is 18.2 Å². The second-order valence-electron chi connectivity index (χ2n) is 5.21. The molecule has 1 aromatic rings. The van der Waals surface area contributed by atoms with Gasteiger partial charge in [0.25, 0.3) is 0 Å². The largest absolute Gasteiger partial charge is 0.744 e. The van der Waals surface area contributed by atoms with Gasteiger partial charge in [-0.2, -0.15) is 0 Å². The van der Waals surface area contributed by atoms with Gasteiger partial charge >= 0.3 is 0 Å². The van der Waals surface area contributed by atoms with Gasteiger partial charge in [0.1, 0.15) is 10.1 Å². The molecule has 1 rings (SSSR count). The van der Waals surface area contributed by atoms with Crippen LogP contribution in [-0.4, -0.2) is 25.1 Å². The molecule has 0 fully saturated rings. The molecule has 0 aliphatic rings. The monoisotopic (exact) mass is 317 g/mol. The lowest BCUT2D eigenvalue weighted by atomic mass is 10.2. The molecule has 21 heavy (non-hydrogen) atoms. The maximum atomic E-state index is 10.5. The number of benzene rings is 1. The van der Waals surface area contributed by atoms with Crippen molar-refractivity contribution < 1.29 is 18.3 Å². The van der Waals surface area contributed by atoms with Gasteiger partial charge in [-0.15, -0.1) is 0 Å². The van der Waals surface area contributed by atoms with E-state index in [-0.39, 0.29) is 5.69 Å². The number of anilines is 2. The zero-order valence-corrected chi connectivity index (χ0v) is 14.0. The summed E-state index contributed by atoms with van der Waals surface area (Å²) in [5.41, 5.74) is 10.7. The minimum atomic E-state index is -4.48. The van der Waals surface area contributed by atoms with Crippen LogP contribution in [0.3, 0.4) is 0 Å². The maximum Gasteiger partial charge on any atom is 0.126 e. The van der Waals surface area contributed by atoms with E-state index >= 15 is 0 Å². The second-order valence-corrected chi connectivity index (χ2v) is 6.56. The summed E-state index contributed by atoms with van der Waals surface area (Å²) in [5, 5.41) is 2.44. The SMILES string of the molecule is CCC(C)[NH2+]C(C)CC.Nc1ccc(S(=O)(=O)[O-])c(N)c1. The summed E-state index contributed by atoms with van der Waals surface area (Å²) in [4.78, 5) is -0.434. The van der Waals surface area contributed by atoms with Crippen LogP contribution in [0, 0.1) is 0 Å². The van der Waals surface area contributed by atoms with Gasteiger partial charge in [0.15, 0.2) is 0 Å². The standard InChI is InChI=1S/C8H19N.C6H8N2O3S/c1-5-7(3)9-8(4)6-2;7-4-1-2-6(5(8)3-4)12(9,10)11/h7-9H,5-6H2,1-4H3;1-3H,7-8H2,(H,9,10,11). The third kappa shape index (κ3) is 7.89. The maximum absolute atomic E-state index is 10.5. The van der Waals surface area contributed by atoms with Crippen LogP contribution in [-0.2, 0) is 10.1 Å². The van der Waals surface area contributed by atoms with Crippen molar-refractivity contribution in [2.75, 3.05) is 11.5 Å². The molecule has 0 aromatic heterocycles. The topological polar surface area (TPSA) is 126 Å². The number of nitrogen functional groups attached to an aromatic ring is 2.